The van der Waals surface area contributed by atoms with Crippen LogP contribution < -0.4 is 15.0 Å². The van der Waals surface area contributed by atoms with Crippen molar-refractivity contribution in [3.05, 3.63) is 83.4 Å². The molecule has 14 heteroatoms. The highest BCUT2D eigenvalue weighted by atomic mass is 32.2. The molecular formula is C28H22F4N6O3S. The number of hydrogen-bond donors (Lipinski definition) is 1. The summed E-state index contributed by atoms with van der Waals surface area (Å²) in [6.45, 7) is 5.73. The van der Waals surface area contributed by atoms with Crippen LogP contribution in [0.3, 0.4) is 0 Å². The Hall–Kier alpha value is -4.72. The van der Waals surface area contributed by atoms with E-state index in [0.717, 1.165) is 46.7 Å². The van der Waals surface area contributed by atoms with Gasteiger partial charge in [-0.05, 0) is 86.0 Å². The van der Waals surface area contributed by atoms with Gasteiger partial charge in [0.05, 0.1) is 22.8 Å². The van der Waals surface area contributed by atoms with Crippen LogP contribution >= 0.6 is 11.8 Å². The van der Waals surface area contributed by atoms with E-state index in [4.69, 9.17) is 0 Å². The highest BCUT2D eigenvalue weighted by molar-refractivity contribution is 8.15. The Labute approximate surface area is 241 Å². The van der Waals surface area contributed by atoms with E-state index in [1.54, 1.807) is 0 Å². The van der Waals surface area contributed by atoms with Gasteiger partial charge in [0.15, 0.2) is 11.0 Å². The van der Waals surface area contributed by atoms with E-state index in [9.17, 15) is 27.2 Å². The van der Waals surface area contributed by atoms with Gasteiger partial charge in [-0.25, -0.2) is 18.9 Å². The predicted octanol–water partition coefficient (Wildman–Crippen LogP) is 6.57. The number of urea groups is 1. The molecule has 0 aliphatic carbocycles. The van der Waals surface area contributed by atoms with Gasteiger partial charge in [0.2, 0.25) is 5.91 Å². The molecule has 3 amide bonds. The minimum absolute atomic E-state index is 0.118. The van der Waals surface area contributed by atoms with Gasteiger partial charge in [0.1, 0.15) is 17.9 Å². The van der Waals surface area contributed by atoms with Gasteiger partial charge >= 0.3 is 12.4 Å². The Balaban J connectivity index is 1.30. The molecule has 1 fully saturated rings. The predicted molar refractivity (Wildman–Crippen MR) is 150 cm³/mol. The number of ether oxygens (including phenoxy) is 1. The molecule has 1 N–H and O–H groups in total. The first-order valence-electron chi connectivity index (χ1n) is 12.4. The van der Waals surface area contributed by atoms with Gasteiger partial charge < -0.3 is 10.1 Å². The zero-order valence-corrected chi connectivity index (χ0v) is 23.2. The summed E-state index contributed by atoms with van der Waals surface area (Å²) >= 11 is 1.12. The molecular weight excluding hydrogens is 576 g/mol. The Bertz CT molecular complexity index is 1720. The van der Waals surface area contributed by atoms with Crippen LogP contribution in [0.25, 0.3) is 17.1 Å². The molecule has 1 aliphatic heterocycles. The van der Waals surface area contributed by atoms with Crippen LogP contribution in [0.5, 0.6) is 5.75 Å². The third-order valence-corrected chi connectivity index (χ3v) is 7.21. The van der Waals surface area contributed by atoms with Gasteiger partial charge in [-0.3, -0.25) is 9.69 Å². The van der Waals surface area contributed by atoms with E-state index >= 15 is 0 Å². The highest BCUT2D eigenvalue weighted by Crippen LogP contribution is 2.32. The number of aromatic nitrogens is 3. The van der Waals surface area contributed by atoms with Crippen LogP contribution in [0.1, 0.15) is 16.7 Å². The molecule has 9 nitrogen and oxygen atoms in total. The fourth-order valence-electron chi connectivity index (χ4n) is 4.24. The third kappa shape index (κ3) is 6.28. The number of halogens is 4. The first-order valence-corrected chi connectivity index (χ1v) is 13.4. The lowest BCUT2D eigenvalue weighted by atomic mass is 10.0. The average molecular weight is 599 g/mol. The maximum absolute atomic E-state index is 15.0. The number of thioether (sulfide) groups is 1. The van der Waals surface area contributed by atoms with Gasteiger partial charge in [-0.15, -0.1) is 18.3 Å². The maximum Gasteiger partial charge on any atom is 0.573 e. The highest BCUT2D eigenvalue weighted by Gasteiger charge is 2.32. The quantitative estimate of drug-likeness (QED) is 0.261. The maximum atomic E-state index is 15.0. The molecule has 1 aromatic heterocycles. The lowest BCUT2D eigenvalue weighted by molar-refractivity contribution is -0.274. The van der Waals surface area contributed by atoms with Crippen molar-refractivity contribution in [2.45, 2.75) is 27.1 Å². The number of amides is 3. The van der Waals surface area contributed by atoms with Crippen LogP contribution in [0, 0.1) is 26.6 Å². The van der Waals surface area contributed by atoms with Crippen molar-refractivity contribution < 1.29 is 31.9 Å². The molecule has 0 unspecified atom stereocenters. The number of rotatable bonds is 5. The van der Waals surface area contributed by atoms with Crippen LogP contribution in [-0.2, 0) is 4.79 Å². The van der Waals surface area contributed by atoms with Gasteiger partial charge in [0, 0.05) is 5.56 Å². The molecule has 1 aliphatic rings. The average Bonchev–Trinajstić information content (AvgIpc) is 3.54. The summed E-state index contributed by atoms with van der Waals surface area (Å²) in [5.41, 5.74) is 4.03. The summed E-state index contributed by atoms with van der Waals surface area (Å²) in [5, 5.41) is 6.84. The van der Waals surface area contributed by atoms with E-state index in [2.05, 4.69) is 25.1 Å². The van der Waals surface area contributed by atoms with Crippen LogP contribution in [-0.4, -0.2) is 44.0 Å². The van der Waals surface area contributed by atoms with Gasteiger partial charge in [-0.1, -0.05) is 17.8 Å². The molecule has 42 heavy (non-hydrogen) atoms. The number of hydrogen-bond acceptors (Lipinski definition) is 6. The van der Waals surface area contributed by atoms with Crippen LogP contribution in [0.4, 0.5) is 33.7 Å². The first kappa shape index (κ1) is 28.8. The van der Waals surface area contributed by atoms with E-state index in [1.807, 2.05) is 32.9 Å². The molecule has 0 atom stereocenters. The normalized spacial score (nSPS) is 14.5. The lowest BCUT2D eigenvalue weighted by Gasteiger charge is -2.20. The number of benzene rings is 3. The molecule has 1 saturated heterocycles. The van der Waals surface area contributed by atoms with Crippen molar-refractivity contribution in [3.63, 3.8) is 0 Å². The third-order valence-electron chi connectivity index (χ3n) is 6.28. The standard InChI is InChI=1S/C28H22F4N6O3S/c1-15-10-16(2)17(3)23(11-15)38-24(39)13-42-27(38)35-26(40)34-22-9-4-18(12-21(22)29)25-33-14-37(36-25)19-5-7-20(8-6-19)41-28(30,31)32/h4-12,14H,13H2,1-3H3,(H,34,40). The van der Waals surface area contributed by atoms with Crippen LogP contribution in [0.2, 0.25) is 0 Å². The second kappa shape index (κ2) is 11.3. The second-order valence-electron chi connectivity index (χ2n) is 9.32. The van der Waals surface area contributed by atoms with Crippen molar-refractivity contribution in [3.8, 4) is 22.8 Å². The molecule has 0 bridgehead atoms. The molecule has 0 spiro atoms. The fraction of sp³-hybridized carbons (Fsp3) is 0.179. The van der Waals surface area contributed by atoms with E-state index in [0.29, 0.717) is 16.9 Å². The smallest absolute Gasteiger partial charge is 0.406 e. The number of aliphatic imine (C=N–C) groups is 1. The number of nitrogens with zero attached hydrogens (tertiary/aromatic N) is 5. The summed E-state index contributed by atoms with van der Waals surface area (Å²) in [6, 6.07) is 11.9. The van der Waals surface area contributed by atoms with Crippen molar-refractivity contribution in [2.75, 3.05) is 16.0 Å². The molecule has 2 heterocycles. The minimum atomic E-state index is -4.81. The number of aryl methyl sites for hydroxylation is 2. The number of carbonyl (C=O) groups excluding carboxylic acids is 2. The zero-order chi connectivity index (χ0) is 30.2. The molecule has 0 radical (unpaired) electrons. The Morgan fingerprint density at radius 2 is 1.81 bits per heavy atom. The summed E-state index contributed by atoms with van der Waals surface area (Å²) in [6.07, 6.45) is -3.48. The number of amidine groups is 1. The van der Waals surface area contributed by atoms with Crippen molar-refractivity contribution in [2.24, 2.45) is 4.99 Å². The Morgan fingerprint density at radius 1 is 1.07 bits per heavy atom. The first-order chi connectivity index (χ1) is 19.9. The summed E-state index contributed by atoms with van der Waals surface area (Å²) in [4.78, 5) is 34.9. The molecule has 216 valence electrons. The molecule has 3 aromatic carbocycles. The fourth-order valence-corrected chi connectivity index (χ4v) is 5.10. The summed E-state index contributed by atoms with van der Waals surface area (Å²) < 4.78 is 57.3. The second-order valence-corrected chi connectivity index (χ2v) is 10.3. The number of carbonyl (C=O) groups is 2. The van der Waals surface area contributed by atoms with Crippen molar-refractivity contribution in [1.29, 1.82) is 0 Å². The monoisotopic (exact) mass is 598 g/mol. The van der Waals surface area contributed by atoms with Crippen molar-refractivity contribution >= 4 is 40.2 Å². The number of nitrogens with one attached hydrogen (secondary N) is 1. The van der Waals surface area contributed by atoms with Gasteiger partial charge in [-0.2, -0.15) is 4.99 Å². The van der Waals surface area contributed by atoms with E-state index in [-0.39, 0.29) is 34.1 Å². The van der Waals surface area contributed by atoms with Gasteiger partial charge in [0.25, 0.3) is 0 Å². The Morgan fingerprint density at radius 3 is 2.50 bits per heavy atom. The van der Waals surface area contributed by atoms with Crippen LogP contribution in [0.15, 0.2) is 65.9 Å². The van der Waals surface area contributed by atoms with E-state index < -0.39 is 18.2 Å². The molecule has 4 aromatic rings. The molecule has 0 saturated carbocycles. The zero-order valence-electron chi connectivity index (χ0n) is 22.4. The SMILES string of the molecule is Cc1cc(C)c(C)c(N2C(=O)CSC2=NC(=O)Nc2ccc(-c3ncn(-c4ccc(OC(F)(F)F)cc4)n3)cc2F)c1. The minimum Gasteiger partial charge on any atom is -0.406 e. The summed E-state index contributed by atoms with van der Waals surface area (Å²) in [5.74, 6) is -1.12. The number of alkyl halides is 3. The molecule has 5 rings (SSSR count). The van der Waals surface area contributed by atoms with E-state index in [1.165, 1.54) is 40.2 Å². The topological polar surface area (TPSA) is 102 Å². The van der Waals surface area contributed by atoms with Crippen molar-refractivity contribution in [1.82, 2.24) is 14.8 Å². The lowest BCUT2D eigenvalue weighted by Crippen LogP contribution is -2.31. The number of anilines is 2. The largest absolute Gasteiger partial charge is 0.573 e. The Kier molecular flexibility index (Phi) is 7.73. The summed E-state index contributed by atoms with van der Waals surface area (Å²) in [7, 11) is 0.